The Morgan fingerprint density at radius 1 is 1.48 bits per heavy atom. The summed E-state index contributed by atoms with van der Waals surface area (Å²) in [7, 11) is 1.89. The number of thiazole rings is 1. The van der Waals surface area contributed by atoms with Crippen LogP contribution >= 0.6 is 35.3 Å². The average molecular weight is 450 g/mol. The Kier molecular flexibility index (Phi) is 9.43. The molecule has 23 heavy (non-hydrogen) atoms. The number of aliphatic imine (C=N–C) groups is 1. The Labute approximate surface area is 162 Å². The number of hydrogen-bond acceptors (Lipinski definition) is 3. The number of halogens is 1. The normalized spacial score (nSPS) is 18.4. The zero-order valence-corrected chi connectivity index (χ0v) is 18.0. The summed E-state index contributed by atoms with van der Waals surface area (Å²) in [6.45, 7) is 9.95. The molecule has 0 radical (unpaired) electrons. The summed E-state index contributed by atoms with van der Waals surface area (Å²) >= 11 is 1.78. The number of guanidine groups is 1. The van der Waals surface area contributed by atoms with Gasteiger partial charge in [0.15, 0.2) is 5.96 Å². The zero-order valence-electron chi connectivity index (χ0n) is 14.8. The molecule has 2 rings (SSSR count). The molecule has 0 amide bonds. The van der Waals surface area contributed by atoms with E-state index in [4.69, 9.17) is 0 Å². The van der Waals surface area contributed by atoms with Crippen LogP contribution in [0.3, 0.4) is 0 Å². The van der Waals surface area contributed by atoms with Crippen molar-refractivity contribution < 1.29 is 0 Å². The van der Waals surface area contributed by atoms with Gasteiger partial charge in [-0.15, -0.1) is 35.3 Å². The molecule has 0 saturated carbocycles. The van der Waals surface area contributed by atoms with E-state index in [-0.39, 0.29) is 24.0 Å². The average Bonchev–Trinajstić information content (AvgIpc) is 3.15. The summed E-state index contributed by atoms with van der Waals surface area (Å²) in [5, 5.41) is 4.71. The molecule has 1 aliphatic rings. The molecule has 0 aliphatic carbocycles. The van der Waals surface area contributed by atoms with Crippen molar-refractivity contribution >= 4 is 41.3 Å². The largest absolute Gasteiger partial charge is 0.356 e. The molecule has 1 aliphatic heterocycles. The Hall–Kier alpha value is -0.370. The Morgan fingerprint density at radius 3 is 2.78 bits per heavy atom. The van der Waals surface area contributed by atoms with Crippen LogP contribution < -0.4 is 5.32 Å². The third kappa shape index (κ3) is 5.89. The summed E-state index contributed by atoms with van der Waals surface area (Å²) in [6, 6.07) is 0. The Morgan fingerprint density at radius 2 is 2.22 bits per heavy atom. The highest BCUT2D eigenvalue weighted by Crippen LogP contribution is 2.28. The van der Waals surface area contributed by atoms with Crippen LogP contribution in [0, 0.1) is 18.8 Å². The fourth-order valence-electron chi connectivity index (χ4n) is 3.45. The van der Waals surface area contributed by atoms with Crippen molar-refractivity contribution in [3.05, 3.63) is 16.1 Å². The van der Waals surface area contributed by atoms with E-state index in [9.17, 15) is 0 Å². The fraction of sp³-hybridized carbons (Fsp3) is 0.765. The van der Waals surface area contributed by atoms with E-state index in [1.54, 1.807) is 11.3 Å². The first-order valence-electron chi connectivity index (χ1n) is 8.54. The van der Waals surface area contributed by atoms with E-state index in [1.165, 1.54) is 29.1 Å². The van der Waals surface area contributed by atoms with Crippen molar-refractivity contribution in [3.63, 3.8) is 0 Å². The van der Waals surface area contributed by atoms with Crippen LogP contribution in [0.15, 0.2) is 11.2 Å². The van der Waals surface area contributed by atoms with Gasteiger partial charge >= 0.3 is 0 Å². The quantitative estimate of drug-likeness (QED) is 0.406. The lowest BCUT2D eigenvalue weighted by molar-refractivity contribution is 0.319. The molecule has 1 aromatic rings. The third-order valence-electron chi connectivity index (χ3n) is 4.74. The van der Waals surface area contributed by atoms with E-state index in [1.807, 2.05) is 13.2 Å². The first kappa shape index (κ1) is 20.7. The van der Waals surface area contributed by atoms with Gasteiger partial charge in [-0.3, -0.25) is 4.99 Å². The molecule has 132 valence electrons. The Balaban J connectivity index is 0.00000264. The van der Waals surface area contributed by atoms with Gasteiger partial charge < -0.3 is 10.2 Å². The van der Waals surface area contributed by atoms with Crippen LogP contribution in [0.1, 0.15) is 43.0 Å². The maximum atomic E-state index is 4.47. The van der Waals surface area contributed by atoms with E-state index in [0.717, 1.165) is 43.9 Å². The van der Waals surface area contributed by atoms with Crippen molar-refractivity contribution in [3.8, 4) is 0 Å². The number of nitrogens with one attached hydrogen (secondary N) is 1. The number of rotatable bonds is 6. The molecule has 1 fully saturated rings. The standard InChI is InChI=1S/C17H30N4S.HI/c1-5-14(6-2)15-8-10-21(12-15)17(18-4)19-9-7-16-20-11-13(3)22-16;/h11,14-15H,5-10,12H2,1-4H3,(H,18,19);1H. The minimum atomic E-state index is 0. The highest BCUT2D eigenvalue weighted by Gasteiger charge is 2.29. The highest BCUT2D eigenvalue weighted by molar-refractivity contribution is 14.0. The topological polar surface area (TPSA) is 40.5 Å². The first-order chi connectivity index (χ1) is 10.7. The summed E-state index contributed by atoms with van der Waals surface area (Å²) in [5.74, 6) is 2.75. The predicted octanol–water partition coefficient (Wildman–Crippen LogP) is 3.95. The second kappa shape index (κ2) is 10.5. The van der Waals surface area contributed by atoms with Gasteiger partial charge in [-0.05, 0) is 25.2 Å². The molecule has 1 saturated heterocycles. The minimum Gasteiger partial charge on any atom is -0.356 e. The zero-order chi connectivity index (χ0) is 15.9. The lowest BCUT2D eigenvalue weighted by atomic mass is 9.87. The third-order valence-corrected chi connectivity index (χ3v) is 5.72. The van der Waals surface area contributed by atoms with Crippen LogP contribution in [0.25, 0.3) is 0 Å². The number of nitrogens with zero attached hydrogens (tertiary/aromatic N) is 3. The number of likely N-dealkylation sites (tertiary alicyclic amines) is 1. The lowest BCUT2D eigenvalue weighted by Crippen LogP contribution is -2.41. The first-order valence-corrected chi connectivity index (χ1v) is 9.36. The SMILES string of the molecule is CCC(CC)C1CCN(C(=NC)NCCc2ncc(C)s2)C1.I. The molecule has 1 aromatic heterocycles. The monoisotopic (exact) mass is 450 g/mol. The number of aromatic nitrogens is 1. The summed E-state index contributed by atoms with van der Waals surface area (Å²) < 4.78 is 0. The Bertz CT molecular complexity index is 485. The van der Waals surface area contributed by atoms with Crippen LogP contribution in [-0.4, -0.2) is 42.5 Å². The lowest BCUT2D eigenvalue weighted by Gasteiger charge is -2.24. The molecule has 0 bridgehead atoms. The van der Waals surface area contributed by atoms with E-state index >= 15 is 0 Å². The smallest absolute Gasteiger partial charge is 0.193 e. The molecular formula is C17H31IN4S. The molecule has 0 spiro atoms. The minimum absolute atomic E-state index is 0. The number of aryl methyl sites for hydroxylation is 1. The van der Waals surface area contributed by atoms with E-state index in [0.29, 0.717) is 0 Å². The van der Waals surface area contributed by atoms with Crippen LogP contribution in [0.4, 0.5) is 0 Å². The van der Waals surface area contributed by atoms with Gasteiger partial charge in [-0.25, -0.2) is 4.98 Å². The summed E-state index contributed by atoms with van der Waals surface area (Å²) in [6.07, 6.45) is 6.82. The molecule has 2 heterocycles. The van der Waals surface area contributed by atoms with E-state index < -0.39 is 0 Å². The highest BCUT2D eigenvalue weighted by atomic mass is 127. The van der Waals surface area contributed by atoms with Crippen molar-refractivity contribution in [2.75, 3.05) is 26.7 Å². The van der Waals surface area contributed by atoms with Gasteiger partial charge in [-0.2, -0.15) is 0 Å². The van der Waals surface area contributed by atoms with Gasteiger partial charge in [0, 0.05) is 44.2 Å². The van der Waals surface area contributed by atoms with E-state index in [2.05, 4.69) is 41.0 Å². The maximum Gasteiger partial charge on any atom is 0.193 e. The number of hydrogen-bond donors (Lipinski definition) is 1. The van der Waals surface area contributed by atoms with Gasteiger partial charge in [0.05, 0.1) is 5.01 Å². The molecule has 1 atom stereocenters. The van der Waals surface area contributed by atoms with Gasteiger partial charge in [0.2, 0.25) is 0 Å². The maximum absolute atomic E-state index is 4.47. The fourth-order valence-corrected chi connectivity index (χ4v) is 4.24. The van der Waals surface area contributed by atoms with Gasteiger partial charge in [0.1, 0.15) is 0 Å². The van der Waals surface area contributed by atoms with Crippen molar-refractivity contribution in [1.29, 1.82) is 0 Å². The molecule has 1 unspecified atom stereocenters. The van der Waals surface area contributed by atoms with Crippen LogP contribution in [0.5, 0.6) is 0 Å². The van der Waals surface area contributed by atoms with Gasteiger partial charge in [-0.1, -0.05) is 26.7 Å². The second-order valence-corrected chi connectivity index (χ2v) is 7.48. The second-order valence-electron chi connectivity index (χ2n) is 6.16. The summed E-state index contributed by atoms with van der Waals surface area (Å²) in [5.41, 5.74) is 0. The molecular weight excluding hydrogens is 419 g/mol. The van der Waals surface area contributed by atoms with Crippen molar-refractivity contribution in [2.45, 2.75) is 46.5 Å². The summed E-state index contributed by atoms with van der Waals surface area (Å²) in [4.78, 5) is 12.6. The molecule has 6 heteroatoms. The molecule has 1 N–H and O–H groups in total. The van der Waals surface area contributed by atoms with Crippen LogP contribution in [-0.2, 0) is 6.42 Å². The van der Waals surface area contributed by atoms with Gasteiger partial charge in [0.25, 0.3) is 0 Å². The van der Waals surface area contributed by atoms with Crippen LogP contribution in [0.2, 0.25) is 0 Å². The predicted molar refractivity (Wildman–Crippen MR) is 111 cm³/mol. The molecule has 4 nitrogen and oxygen atoms in total. The van der Waals surface area contributed by atoms with Crippen molar-refractivity contribution in [2.24, 2.45) is 16.8 Å². The molecule has 0 aromatic carbocycles. The van der Waals surface area contributed by atoms with Crippen molar-refractivity contribution in [1.82, 2.24) is 15.2 Å².